The lowest BCUT2D eigenvalue weighted by atomic mass is 9.71. The van der Waals surface area contributed by atoms with Crippen LogP contribution in [0, 0.1) is 18.8 Å². The maximum atomic E-state index is 13.8. The van der Waals surface area contributed by atoms with Gasteiger partial charge in [-0.1, -0.05) is 83.7 Å². The van der Waals surface area contributed by atoms with Gasteiger partial charge in [0.25, 0.3) is 0 Å². The number of aliphatic hydroxyl groups is 2. The summed E-state index contributed by atoms with van der Waals surface area (Å²) in [5.74, 6) is -3.94. The fraction of sp³-hybridized carbons (Fsp3) is 0.578. The molecule has 0 bridgehead atoms. The van der Waals surface area contributed by atoms with Gasteiger partial charge in [0.15, 0.2) is 29.0 Å². The second kappa shape index (κ2) is 35.4. The minimum absolute atomic E-state index is 0.0150. The Balaban J connectivity index is 0.000000277. The quantitative estimate of drug-likeness (QED) is 0.0117. The number of nitrogens with zero attached hydrogens (tertiary/aromatic N) is 1. The van der Waals surface area contributed by atoms with E-state index in [-0.39, 0.29) is 113 Å². The van der Waals surface area contributed by atoms with Gasteiger partial charge in [-0.05, 0) is 69.2 Å². The maximum absolute atomic E-state index is 13.8. The Morgan fingerprint density at radius 1 is 0.863 bits per heavy atom. The second-order valence-electron chi connectivity index (χ2n) is 24.1. The summed E-state index contributed by atoms with van der Waals surface area (Å²) >= 11 is 2.44. The van der Waals surface area contributed by atoms with Crippen LogP contribution in [0.2, 0.25) is 0 Å². The molecule has 11 N–H and O–H groups in total. The number of phenols is 2. The van der Waals surface area contributed by atoms with E-state index in [4.69, 9.17) is 38.5 Å². The average molecular weight is 1410 g/mol. The number of carbonyl (C=O) groups excluding carboxylic acids is 9. The lowest BCUT2D eigenvalue weighted by molar-refractivity contribution is -0.249. The number of rotatable bonds is 28. The molecule has 4 aliphatic rings. The third-order valence-corrected chi connectivity index (χ3v) is 23.1. The van der Waals surface area contributed by atoms with Crippen molar-refractivity contribution in [2.45, 2.75) is 186 Å². The van der Waals surface area contributed by atoms with Crippen molar-refractivity contribution in [3.8, 4) is 17.2 Å². The molecule has 0 radical (unpaired) electrons. The molecule has 7 rings (SSSR count). The molecule has 2 saturated heterocycles. The Labute approximate surface area is 560 Å². The summed E-state index contributed by atoms with van der Waals surface area (Å²) in [4.78, 5) is 150. The number of amides is 5. The molecule has 0 saturated carbocycles. The average Bonchev–Trinajstić information content (AvgIpc) is 1.05. The fourth-order valence-corrected chi connectivity index (χ4v) is 17.1. The van der Waals surface area contributed by atoms with Crippen LogP contribution in [0.4, 0.5) is 10.5 Å². The van der Waals surface area contributed by atoms with Crippen LogP contribution in [0.3, 0.4) is 0 Å². The van der Waals surface area contributed by atoms with Crippen LogP contribution in [0.1, 0.15) is 174 Å². The van der Waals surface area contributed by atoms with Crippen LogP contribution in [0.25, 0.3) is 0 Å². The van der Waals surface area contributed by atoms with Crippen LogP contribution in [0.5, 0.6) is 17.2 Å². The number of hydrogen-bond acceptors (Lipinski definition) is 21. The number of aliphatic hydroxyl groups excluding tert-OH is 1. The van der Waals surface area contributed by atoms with Crippen LogP contribution >= 0.6 is 38.7 Å². The van der Waals surface area contributed by atoms with E-state index in [0.717, 1.165) is 43.0 Å². The van der Waals surface area contributed by atoms with Crippen LogP contribution in [-0.4, -0.2) is 182 Å². The number of hydrogen-bond donors (Lipinski definition) is 11. The first-order chi connectivity index (χ1) is 44.5. The number of nitrogens with one attached hydrogen (secondary N) is 3. The van der Waals surface area contributed by atoms with Gasteiger partial charge in [-0.2, -0.15) is 11.8 Å². The Morgan fingerprint density at radius 3 is 2.11 bits per heavy atom. The predicted molar refractivity (Wildman–Crippen MR) is 354 cm³/mol. The second-order valence-corrected chi connectivity index (χ2v) is 30.6. The largest absolute Gasteiger partial charge is 0.507 e. The number of thioether (sulfide) groups is 2. The van der Waals surface area contributed by atoms with Gasteiger partial charge < -0.3 is 74.9 Å². The van der Waals surface area contributed by atoms with Gasteiger partial charge in [-0.15, -0.1) is 11.8 Å². The molecule has 0 aromatic heterocycles. The first-order valence-electron chi connectivity index (χ1n) is 31.4. The lowest BCUT2D eigenvalue weighted by Crippen LogP contribution is -2.55. The van der Waals surface area contributed by atoms with Gasteiger partial charge in [-0.3, -0.25) is 52.4 Å². The Bertz CT molecular complexity index is 3360. The molecule has 27 nitrogen and oxygen atoms in total. The Kier molecular flexibility index (Phi) is 29.7. The minimum Gasteiger partial charge on any atom is -0.507 e. The Hall–Kier alpha value is -6.07. The number of alkyl carbamates (subject to hydrolysis) is 1. The number of methoxy groups -OCH3 is 1. The van der Waals surface area contributed by atoms with E-state index in [9.17, 15) is 72.7 Å². The van der Waals surface area contributed by atoms with Crippen molar-refractivity contribution in [2.75, 3.05) is 42.8 Å². The van der Waals surface area contributed by atoms with Crippen LogP contribution < -0.4 is 20.7 Å². The summed E-state index contributed by atoms with van der Waals surface area (Å²) < 4.78 is 44.6. The summed E-state index contributed by atoms with van der Waals surface area (Å²) in [6, 6.07) is 10.5. The first-order valence-corrected chi connectivity index (χ1v) is 37.0. The van der Waals surface area contributed by atoms with E-state index >= 15 is 0 Å². The molecule has 2 unspecified atom stereocenters. The number of unbranched alkanes of at least 4 members (excludes halogenated alkanes) is 3. The topological polar surface area (TPSA) is 426 Å². The van der Waals surface area contributed by atoms with Crippen LogP contribution in [-0.2, 0) is 58.5 Å². The number of aryl methyl sites for hydroxylation is 1. The van der Waals surface area contributed by atoms with E-state index in [1.165, 1.54) is 48.9 Å². The number of phenolic OH excluding ortho intramolecular Hbond substituents is 2. The molecule has 95 heavy (non-hydrogen) atoms. The molecule has 2 heterocycles. The van der Waals surface area contributed by atoms with E-state index in [1.54, 1.807) is 27.7 Å². The number of anilines is 1. The molecule has 526 valence electrons. The number of fused-ring (bicyclic) bond motifs is 3. The number of benzene rings is 3. The maximum Gasteiger partial charge on any atom is 0.407 e. The van der Waals surface area contributed by atoms with Crippen molar-refractivity contribution >= 4 is 97.3 Å². The summed E-state index contributed by atoms with van der Waals surface area (Å²) in [6.07, 6.45) is -1.31. The summed E-state index contributed by atoms with van der Waals surface area (Å²) in [5, 5.41) is 51.0. The van der Waals surface area contributed by atoms with E-state index < -0.39 is 121 Å². The minimum atomic E-state index is -4.88. The zero-order valence-electron chi connectivity index (χ0n) is 55.0. The molecular weight excluding hydrogens is 1320 g/mol. The smallest absolute Gasteiger partial charge is 0.407 e. The number of ketones is 4. The zero-order chi connectivity index (χ0) is 71.0. The standard InChI is InChI=1S/C31H35NO12.C18H26N2O3.C15H29NO8P2S2/c1-5-19(33)31(40)11-15-22(18(12-31)44-20-10-16(25(34)13(3)43-20)32-30(39)42-6-2)29(38)24-23(27(15)36)26(35)14-8-7-9-17(41-4)21(14)28(24)37;1-11(2)17(19-14(5)21)16(22)10-13(4)18(23)20-15-8-6-12(3)7-9-15;1-2-3-4-5-7-16-13(17)10-12(15(16)18)28-9-6-8-27-11-14(25(19,20)21)26(22,23)24/h7-9,13,16,18,20,25,34,36,38,40H,5-6,10-12H2,1-4H3,(H,32,39);6-9,11,13,17H,10H2,1-5H3,(H,19,21)(H,20,23);12,14H,2-11H2,1H3,(H2,19,20,21)(H2,22,23,24)/t13-,16-,18?,20-,25+,31-;13-,17+;/m01./s1. The molecular formula is C64H90N4O23P2S2. The van der Waals surface area contributed by atoms with Gasteiger partial charge in [0.2, 0.25) is 29.4 Å². The molecule has 9 atom stereocenters. The van der Waals surface area contributed by atoms with Crippen molar-refractivity contribution in [3.05, 3.63) is 81.4 Å². The molecule has 31 heteroatoms. The number of Topliss-reactive ketones (excluding diaryl/α,β-unsaturated/α-hetero) is 2. The molecule has 2 fully saturated rings. The van der Waals surface area contributed by atoms with Crippen molar-refractivity contribution in [2.24, 2.45) is 11.8 Å². The van der Waals surface area contributed by atoms with Crippen molar-refractivity contribution in [1.29, 1.82) is 0 Å². The number of ether oxygens (including phenoxy) is 4. The number of aromatic hydroxyl groups is 2. The highest BCUT2D eigenvalue weighted by Gasteiger charge is 2.51. The number of carbonyl (C=O) groups is 9. The number of likely N-dealkylation sites (tertiary alicyclic amines) is 1. The number of imide groups is 1. The molecule has 2 aliphatic carbocycles. The normalized spacial score (nSPS) is 21.4. The van der Waals surface area contributed by atoms with Gasteiger partial charge in [0.1, 0.15) is 29.0 Å². The summed E-state index contributed by atoms with van der Waals surface area (Å²) in [7, 11) is -8.44. The third-order valence-electron chi connectivity index (χ3n) is 16.4. The molecule has 3 aromatic carbocycles. The first kappa shape index (κ1) is 79.6. The SMILES string of the molecule is CC(=O)N[C@H](C(=O)C[C@@H](C)C(=O)Nc1ccc(C)cc1)C(C)C.CCCCCCN1C(=O)CC(SCCCSCC(P(=O)(O)O)P(=O)(O)O)C1=O.CCOC(=O)N[C@H]1C[C@H](OC2C[C@](O)(C(=O)CC)Cc3c(O)c4c(c(O)c32)C(=O)c2c(OC)cccc2C4=O)O[C@@H](C)[C@H]1O. The molecule has 5 amide bonds. The summed E-state index contributed by atoms with van der Waals surface area (Å²) in [5.41, 5.74) is -1.49. The Morgan fingerprint density at radius 2 is 1.52 bits per heavy atom. The molecule has 3 aromatic rings. The van der Waals surface area contributed by atoms with Gasteiger partial charge in [-0.25, -0.2) is 4.79 Å². The van der Waals surface area contributed by atoms with Gasteiger partial charge in [0, 0.05) is 86.0 Å². The lowest BCUT2D eigenvalue weighted by Gasteiger charge is -2.42. The molecule has 2 aliphatic heterocycles. The zero-order valence-corrected chi connectivity index (χ0v) is 58.4. The summed E-state index contributed by atoms with van der Waals surface area (Å²) in [6.45, 7) is 16.2. The van der Waals surface area contributed by atoms with Crippen molar-refractivity contribution in [3.63, 3.8) is 0 Å². The van der Waals surface area contributed by atoms with Gasteiger partial charge >= 0.3 is 21.3 Å². The van der Waals surface area contributed by atoms with Crippen molar-refractivity contribution < 1.29 is 111 Å². The van der Waals surface area contributed by atoms with E-state index in [2.05, 4.69) is 22.9 Å². The van der Waals surface area contributed by atoms with Crippen molar-refractivity contribution in [1.82, 2.24) is 15.5 Å². The van der Waals surface area contributed by atoms with Gasteiger partial charge in [0.05, 0.1) is 59.9 Å². The van der Waals surface area contributed by atoms with E-state index in [0.29, 0.717) is 30.2 Å². The molecule has 0 spiro atoms. The van der Waals surface area contributed by atoms with E-state index in [1.807, 2.05) is 45.0 Å². The highest BCUT2D eigenvalue weighted by molar-refractivity contribution is 8.01. The highest BCUT2D eigenvalue weighted by Crippen LogP contribution is 2.61. The highest BCUT2D eigenvalue weighted by atomic mass is 32.2. The van der Waals surface area contributed by atoms with Crippen LogP contribution in [0.15, 0.2) is 42.5 Å². The third kappa shape index (κ3) is 21.0. The fourth-order valence-electron chi connectivity index (χ4n) is 11.3. The monoisotopic (exact) mass is 1410 g/mol. The predicted octanol–water partition coefficient (Wildman–Crippen LogP) is 7.13.